The molecule has 66 valence electrons. The zero-order valence-electron chi connectivity index (χ0n) is 5.45. The van der Waals surface area contributed by atoms with Gasteiger partial charge in [-0.25, -0.2) is 0 Å². The maximum Gasteiger partial charge on any atom is 0.521 e. The lowest BCUT2D eigenvalue weighted by molar-refractivity contribution is 0.247. The molecule has 6 nitrogen and oxygen atoms in total. The number of allylic oxidation sites excluding steroid dienone is 1. The van der Waals surface area contributed by atoms with E-state index in [-0.39, 0.29) is 0 Å². The molecule has 0 radical (unpaired) electrons. The molecule has 0 amide bonds. The minimum absolute atomic E-state index is 0.603. The fourth-order valence-electron chi connectivity index (χ4n) is 0.348. The molecule has 11 heavy (non-hydrogen) atoms. The van der Waals surface area contributed by atoms with Gasteiger partial charge in [0.25, 0.3) is 0 Å². The molecule has 0 spiro atoms. The monoisotopic (exact) mass is 200 g/mol. The van der Waals surface area contributed by atoms with E-state index < -0.39 is 22.6 Å². The first-order chi connectivity index (χ1) is 4.71. The summed E-state index contributed by atoms with van der Waals surface area (Å²) in [5, 5.41) is 0. The van der Waals surface area contributed by atoms with Gasteiger partial charge in [-0.15, -0.1) is 0 Å². The Morgan fingerprint density at radius 2 is 1.73 bits per heavy atom. The molecule has 0 aliphatic rings. The highest BCUT2D eigenvalue weighted by Crippen LogP contribution is 2.33. The fraction of sp³-hybridized carbons (Fsp3) is 0.333. The zero-order chi connectivity index (χ0) is 9.12. The van der Waals surface area contributed by atoms with Crippen molar-refractivity contribution in [3.63, 3.8) is 0 Å². The molecule has 0 saturated carbocycles. The number of hydrogen-bond donors (Lipinski definition) is 5. The second-order valence-electron chi connectivity index (χ2n) is 1.94. The van der Waals surface area contributed by atoms with E-state index in [2.05, 4.69) is 0 Å². The lowest BCUT2D eigenvalue weighted by Gasteiger charge is -2.01. The third kappa shape index (κ3) is 9.99. The lowest BCUT2D eigenvalue weighted by atomic mass is 10.8. The van der Waals surface area contributed by atoms with Crippen LogP contribution in [0.15, 0.2) is 11.8 Å². The predicted molar refractivity (Wildman–Crippen MR) is 38.5 cm³/mol. The van der Waals surface area contributed by atoms with Crippen LogP contribution in [0.3, 0.4) is 0 Å². The first kappa shape index (κ1) is 11.0. The van der Waals surface area contributed by atoms with Gasteiger partial charge < -0.3 is 24.2 Å². The third-order valence-corrected chi connectivity index (χ3v) is 2.05. The minimum atomic E-state index is -4.28. The normalized spacial score (nSPS) is 14.3. The van der Waals surface area contributed by atoms with Crippen molar-refractivity contribution in [3.8, 4) is 0 Å². The van der Waals surface area contributed by atoms with E-state index in [1.54, 1.807) is 0 Å². The second kappa shape index (κ2) is 3.59. The van der Waals surface area contributed by atoms with Crippen LogP contribution in [0.1, 0.15) is 0 Å². The van der Waals surface area contributed by atoms with Crippen LogP contribution in [0.25, 0.3) is 0 Å². The van der Waals surface area contributed by atoms with Crippen LogP contribution in [0.2, 0.25) is 0 Å². The Hall–Kier alpha value is -0.0131. The van der Waals surface area contributed by atoms with Crippen LogP contribution in [0.5, 0.6) is 0 Å². The third-order valence-electron chi connectivity index (χ3n) is 0.685. The summed E-state index contributed by atoms with van der Waals surface area (Å²) in [6, 6.07) is 0. The van der Waals surface area contributed by atoms with E-state index in [1.807, 2.05) is 0 Å². The van der Waals surface area contributed by atoms with Crippen LogP contribution in [-0.4, -0.2) is 39.1 Å². The van der Waals surface area contributed by atoms with Gasteiger partial charge in [0.05, 0.1) is 6.16 Å². The van der Waals surface area contributed by atoms with E-state index in [0.717, 1.165) is 6.08 Å². The topological polar surface area (TPSA) is 118 Å². The molecule has 0 atom stereocenters. The van der Waals surface area contributed by atoms with Gasteiger partial charge in [0.1, 0.15) is 0 Å². The first-order valence-corrected chi connectivity index (χ1v) is 6.32. The van der Waals surface area contributed by atoms with Gasteiger partial charge in [-0.05, 0) is 5.70 Å². The predicted octanol–water partition coefficient (Wildman–Crippen LogP) is -1.82. The van der Waals surface area contributed by atoms with E-state index >= 15 is 0 Å². The highest BCUT2D eigenvalue weighted by Gasteiger charge is 2.22. The molecular weight excluding hydrogens is 191 g/mol. The van der Waals surface area contributed by atoms with Crippen molar-refractivity contribution in [2.75, 3.05) is 6.16 Å². The van der Waals surface area contributed by atoms with Gasteiger partial charge in [0.15, 0.2) is 0 Å². The molecule has 0 aromatic carbocycles. The molecule has 5 N–H and O–H groups in total. The van der Waals surface area contributed by atoms with E-state index in [1.165, 1.54) is 0 Å². The fourth-order valence-corrected chi connectivity index (χ4v) is 1.36. The van der Waals surface area contributed by atoms with Gasteiger partial charge >= 0.3 is 16.4 Å². The van der Waals surface area contributed by atoms with Crippen LogP contribution in [-0.2, 0) is 4.57 Å². The molecule has 0 heterocycles. The Morgan fingerprint density at radius 1 is 1.27 bits per heavy atom. The summed E-state index contributed by atoms with van der Waals surface area (Å²) in [5.74, 6) is 0. The van der Waals surface area contributed by atoms with Gasteiger partial charge in [0.2, 0.25) is 0 Å². The largest absolute Gasteiger partial charge is 0.521 e. The molecule has 0 aliphatic heterocycles. The second-order valence-corrected chi connectivity index (χ2v) is 5.34. The standard InChI is InChI=1S/C3H9O6PSi/c4-10(5,6)2-1-3-11(7,8)9/h1,3,7-9H,2H2,(H2,4,5,6). The summed E-state index contributed by atoms with van der Waals surface area (Å²) >= 11 is 0. The van der Waals surface area contributed by atoms with E-state index in [9.17, 15) is 4.57 Å². The molecular formula is C3H9O6PSi. The molecule has 0 rings (SSSR count). The smallest absolute Gasteiger partial charge is 0.387 e. The maximum atomic E-state index is 10.1. The maximum absolute atomic E-state index is 10.1. The minimum Gasteiger partial charge on any atom is -0.387 e. The van der Waals surface area contributed by atoms with Crippen molar-refractivity contribution >= 4 is 16.4 Å². The van der Waals surface area contributed by atoms with Gasteiger partial charge in [0, 0.05) is 0 Å². The molecule has 0 aliphatic carbocycles. The van der Waals surface area contributed by atoms with Crippen molar-refractivity contribution in [2.24, 2.45) is 0 Å². The van der Waals surface area contributed by atoms with Crippen molar-refractivity contribution in [2.45, 2.75) is 0 Å². The quantitative estimate of drug-likeness (QED) is 0.270. The van der Waals surface area contributed by atoms with E-state index in [0.29, 0.717) is 5.70 Å². The number of rotatable bonds is 3. The first-order valence-electron chi connectivity index (χ1n) is 2.60. The average molecular weight is 200 g/mol. The summed E-state index contributed by atoms with van der Waals surface area (Å²) < 4.78 is 10.1. The summed E-state index contributed by atoms with van der Waals surface area (Å²) in [7, 11) is -8.43. The van der Waals surface area contributed by atoms with Crippen LogP contribution < -0.4 is 0 Å². The van der Waals surface area contributed by atoms with Crippen LogP contribution >= 0.6 is 7.60 Å². The average Bonchev–Trinajstić information content (AvgIpc) is 1.55. The molecule has 0 unspecified atom stereocenters. The van der Waals surface area contributed by atoms with Crippen molar-refractivity contribution in [1.82, 2.24) is 0 Å². The molecule has 0 saturated heterocycles. The van der Waals surface area contributed by atoms with Crippen LogP contribution in [0.4, 0.5) is 0 Å². The van der Waals surface area contributed by atoms with Crippen molar-refractivity contribution in [3.05, 3.63) is 11.8 Å². The number of hydrogen-bond acceptors (Lipinski definition) is 4. The highest BCUT2D eigenvalue weighted by atomic mass is 31.2. The lowest BCUT2D eigenvalue weighted by Crippen LogP contribution is -2.31. The Morgan fingerprint density at radius 3 is 2.00 bits per heavy atom. The SMILES string of the molecule is O=P(O)(O)CC=C[Si](O)(O)O. The molecule has 0 aromatic rings. The highest BCUT2D eigenvalue weighted by molar-refractivity contribution is 7.51. The summed E-state index contributed by atoms with van der Waals surface area (Å²) in [6.45, 7) is 0. The Kier molecular flexibility index (Phi) is 3.59. The Balaban J connectivity index is 3.90. The zero-order valence-corrected chi connectivity index (χ0v) is 7.35. The molecule has 8 heteroatoms. The van der Waals surface area contributed by atoms with Crippen molar-refractivity contribution < 1.29 is 28.7 Å². The van der Waals surface area contributed by atoms with Gasteiger partial charge in [-0.3, -0.25) is 4.57 Å². The van der Waals surface area contributed by atoms with Gasteiger partial charge in [-0.2, -0.15) is 0 Å². The Labute approximate surface area is 64.0 Å². The molecule has 0 fully saturated rings. The Bertz CT molecular complexity index is 188. The summed E-state index contributed by atoms with van der Waals surface area (Å²) in [4.78, 5) is 41.5. The van der Waals surface area contributed by atoms with E-state index in [4.69, 9.17) is 24.2 Å². The summed E-state index contributed by atoms with van der Waals surface area (Å²) in [6.07, 6.45) is 0.233. The molecule has 0 bridgehead atoms. The molecule has 0 aromatic heterocycles. The van der Waals surface area contributed by atoms with Crippen LogP contribution in [0, 0.1) is 0 Å². The summed E-state index contributed by atoms with van der Waals surface area (Å²) in [5.41, 5.74) is 0.603. The van der Waals surface area contributed by atoms with Gasteiger partial charge in [-0.1, -0.05) is 6.08 Å². The van der Waals surface area contributed by atoms with Crippen molar-refractivity contribution in [1.29, 1.82) is 0 Å².